The molecular formula is C13H22N2S. The molecule has 0 aromatic carbocycles. The molecule has 0 saturated heterocycles. The van der Waals surface area contributed by atoms with Gasteiger partial charge in [0.25, 0.3) is 0 Å². The summed E-state index contributed by atoms with van der Waals surface area (Å²) in [4.78, 5) is 5.72. The molecule has 0 bridgehead atoms. The first-order valence-electron chi connectivity index (χ1n) is 6.42. The number of aryl methyl sites for hydroxylation is 1. The van der Waals surface area contributed by atoms with Gasteiger partial charge in [-0.15, -0.1) is 11.3 Å². The van der Waals surface area contributed by atoms with E-state index in [0.717, 1.165) is 24.9 Å². The zero-order chi connectivity index (χ0) is 11.4. The third kappa shape index (κ3) is 3.56. The maximum Gasteiger partial charge on any atom is 0.0797 e. The fourth-order valence-electron chi connectivity index (χ4n) is 2.11. The molecule has 1 unspecified atom stereocenters. The lowest BCUT2D eigenvalue weighted by atomic mass is 10.1. The zero-order valence-corrected chi connectivity index (χ0v) is 11.1. The van der Waals surface area contributed by atoms with Crippen LogP contribution in [-0.2, 0) is 6.42 Å². The predicted octanol–water partition coefficient (Wildman–Crippen LogP) is 3.16. The standard InChI is InChI=1S/C13H22N2S/c1-3-12(8-11-4-5-11)14-7-6-13-10(2)15-9-16-13/h9,11-12,14H,3-8H2,1-2H3. The quantitative estimate of drug-likeness (QED) is 0.789. The molecule has 1 aromatic rings. The summed E-state index contributed by atoms with van der Waals surface area (Å²) < 4.78 is 0. The van der Waals surface area contributed by atoms with Gasteiger partial charge in [-0.05, 0) is 32.1 Å². The third-order valence-corrected chi connectivity index (χ3v) is 4.43. The summed E-state index contributed by atoms with van der Waals surface area (Å²) in [5.74, 6) is 1.03. The van der Waals surface area contributed by atoms with Crippen molar-refractivity contribution < 1.29 is 0 Å². The molecule has 0 spiro atoms. The summed E-state index contributed by atoms with van der Waals surface area (Å²) in [6.45, 7) is 5.50. The molecule has 1 aliphatic rings. The topological polar surface area (TPSA) is 24.9 Å². The first-order valence-corrected chi connectivity index (χ1v) is 7.30. The molecule has 0 aliphatic heterocycles. The summed E-state index contributed by atoms with van der Waals surface area (Å²) in [5.41, 5.74) is 3.16. The third-order valence-electron chi connectivity index (χ3n) is 3.44. The maximum absolute atomic E-state index is 4.28. The minimum atomic E-state index is 0.737. The Hall–Kier alpha value is -0.410. The maximum atomic E-state index is 4.28. The molecule has 1 heterocycles. The van der Waals surface area contributed by atoms with E-state index < -0.39 is 0 Å². The van der Waals surface area contributed by atoms with Crippen LogP contribution < -0.4 is 5.32 Å². The van der Waals surface area contributed by atoms with E-state index in [4.69, 9.17) is 0 Å². The van der Waals surface area contributed by atoms with Crippen molar-refractivity contribution in [3.8, 4) is 0 Å². The Morgan fingerprint density at radius 3 is 2.94 bits per heavy atom. The normalized spacial score (nSPS) is 17.6. The molecule has 2 nitrogen and oxygen atoms in total. The fourth-order valence-corrected chi connectivity index (χ4v) is 2.89. The fraction of sp³-hybridized carbons (Fsp3) is 0.769. The number of nitrogens with zero attached hydrogens (tertiary/aromatic N) is 1. The van der Waals surface area contributed by atoms with Gasteiger partial charge in [-0.3, -0.25) is 0 Å². The largest absolute Gasteiger partial charge is 0.314 e. The van der Waals surface area contributed by atoms with Crippen LogP contribution in [0.15, 0.2) is 5.51 Å². The second-order valence-electron chi connectivity index (χ2n) is 4.85. The monoisotopic (exact) mass is 238 g/mol. The second kappa shape index (κ2) is 5.78. The molecular weight excluding hydrogens is 216 g/mol. The molecule has 1 aromatic heterocycles. The van der Waals surface area contributed by atoms with Gasteiger partial charge in [0.15, 0.2) is 0 Å². The van der Waals surface area contributed by atoms with Crippen molar-refractivity contribution in [2.24, 2.45) is 5.92 Å². The summed E-state index contributed by atoms with van der Waals surface area (Å²) in [6.07, 6.45) is 6.71. The van der Waals surface area contributed by atoms with Gasteiger partial charge in [0.2, 0.25) is 0 Å². The van der Waals surface area contributed by atoms with Crippen LogP contribution in [0.5, 0.6) is 0 Å². The van der Waals surface area contributed by atoms with Gasteiger partial charge < -0.3 is 5.32 Å². The molecule has 1 saturated carbocycles. The van der Waals surface area contributed by atoms with E-state index in [-0.39, 0.29) is 0 Å². The van der Waals surface area contributed by atoms with Crippen molar-refractivity contribution in [3.05, 3.63) is 16.1 Å². The molecule has 0 radical (unpaired) electrons. The average molecular weight is 238 g/mol. The second-order valence-corrected chi connectivity index (χ2v) is 5.79. The molecule has 90 valence electrons. The SMILES string of the molecule is CCC(CC1CC1)NCCc1scnc1C. The minimum Gasteiger partial charge on any atom is -0.314 e. The van der Waals surface area contributed by atoms with Crippen molar-refractivity contribution in [2.45, 2.75) is 52.0 Å². The summed E-state index contributed by atoms with van der Waals surface area (Å²) in [5, 5.41) is 3.69. The van der Waals surface area contributed by atoms with Crippen LogP contribution in [0, 0.1) is 12.8 Å². The lowest BCUT2D eigenvalue weighted by Gasteiger charge is -2.16. The van der Waals surface area contributed by atoms with E-state index in [1.807, 2.05) is 5.51 Å². The number of hydrogen-bond donors (Lipinski definition) is 1. The van der Waals surface area contributed by atoms with Gasteiger partial charge in [-0.1, -0.05) is 19.8 Å². The van der Waals surface area contributed by atoms with Crippen molar-refractivity contribution in [2.75, 3.05) is 6.54 Å². The highest BCUT2D eigenvalue weighted by atomic mass is 32.1. The number of aromatic nitrogens is 1. The molecule has 16 heavy (non-hydrogen) atoms. The summed E-state index contributed by atoms with van der Waals surface area (Å²) in [6, 6.07) is 0.737. The van der Waals surface area contributed by atoms with E-state index in [0.29, 0.717) is 0 Å². The Labute approximate surface area is 102 Å². The lowest BCUT2D eigenvalue weighted by Crippen LogP contribution is -2.30. The lowest BCUT2D eigenvalue weighted by molar-refractivity contribution is 0.449. The molecule has 0 amide bonds. The summed E-state index contributed by atoms with van der Waals surface area (Å²) in [7, 11) is 0. The minimum absolute atomic E-state index is 0.737. The first-order chi connectivity index (χ1) is 7.79. The van der Waals surface area contributed by atoms with Crippen molar-refractivity contribution in [1.29, 1.82) is 0 Å². The van der Waals surface area contributed by atoms with Crippen LogP contribution in [0.25, 0.3) is 0 Å². The number of thiazole rings is 1. The van der Waals surface area contributed by atoms with E-state index in [9.17, 15) is 0 Å². The van der Waals surface area contributed by atoms with Gasteiger partial charge in [-0.2, -0.15) is 0 Å². The average Bonchev–Trinajstić information content (AvgIpc) is 3.01. The highest BCUT2D eigenvalue weighted by Crippen LogP contribution is 2.33. The van der Waals surface area contributed by atoms with E-state index >= 15 is 0 Å². The molecule has 1 atom stereocenters. The first kappa shape index (κ1) is 12.1. The number of rotatable bonds is 7. The highest BCUT2D eigenvalue weighted by Gasteiger charge is 2.24. The van der Waals surface area contributed by atoms with Gasteiger partial charge in [0, 0.05) is 17.5 Å². The highest BCUT2D eigenvalue weighted by molar-refractivity contribution is 7.09. The molecule has 1 fully saturated rings. The smallest absolute Gasteiger partial charge is 0.0797 e. The predicted molar refractivity (Wildman–Crippen MR) is 70.0 cm³/mol. The number of nitrogens with one attached hydrogen (secondary N) is 1. The van der Waals surface area contributed by atoms with Gasteiger partial charge in [-0.25, -0.2) is 4.98 Å². The van der Waals surface area contributed by atoms with Crippen LogP contribution in [-0.4, -0.2) is 17.6 Å². The summed E-state index contributed by atoms with van der Waals surface area (Å²) >= 11 is 1.78. The van der Waals surface area contributed by atoms with Crippen LogP contribution in [0.3, 0.4) is 0 Å². The van der Waals surface area contributed by atoms with Gasteiger partial charge in [0.05, 0.1) is 11.2 Å². The Balaban J connectivity index is 1.67. The molecule has 1 aliphatic carbocycles. The van der Waals surface area contributed by atoms with Crippen LogP contribution in [0.1, 0.15) is 43.2 Å². The molecule has 2 rings (SSSR count). The zero-order valence-electron chi connectivity index (χ0n) is 10.3. The van der Waals surface area contributed by atoms with Crippen LogP contribution in [0.4, 0.5) is 0 Å². The Kier molecular flexibility index (Phi) is 4.36. The van der Waals surface area contributed by atoms with E-state index in [1.54, 1.807) is 11.3 Å². The van der Waals surface area contributed by atoms with Gasteiger partial charge in [0.1, 0.15) is 0 Å². The molecule has 1 N–H and O–H groups in total. The Morgan fingerprint density at radius 2 is 2.38 bits per heavy atom. The van der Waals surface area contributed by atoms with Crippen LogP contribution in [0.2, 0.25) is 0 Å². The van der Waals surface area contributed by atoms with Crippen molar-refractivity contribution in [3.63, 3.8) is 0 Å². The van der Waals surface area contributed by atoms with Gasteiger partial charge >= 0.3 is 0 Å². The Morgan fingerprint density at radius 1 is 1.56 bits per heavy atom. The Bertz CT molecular complexity index is 317. The van der Waals surface area contributed by atoms with E-state index in [2.05, 4.69) is 24.1 Å². The molecule has 3 heteroatoms. The van der Waals surface area contributed by atoms with Crippen molar-refractivity contribution in [1.82, 2.24) is 10.3 Å². The van der Waals surface area contributed by atoms with Crippen LogP contribution >= 0.6 is 11.3 Å². The van der Waals surface area contributed by atoms with E-state index in [1.165, 1.54) is 36.3 Å². The van der Waals surface area contributed by atoms with Crippen molar-refractivity contribution >= 4 is 11.3 Å². The number of hydrogen-bond acceptors (Lipinski definition) is 3.